The molecule has 0 aliphatic carbocycles. The molecule has 5 heteroatoms. The van der Waals surface area contributed by atoms with Crippen molar-refractivity contribution in [3.05, 3.63) is 97.2 Å². The maximum absolute atomic E-state index is 12.9. The molecule has 0 aromatic heterocycles. The molecule has 0 rings (SSSR count). The molecule has 1 unspecified atom stereocenters. The summed E-state index contributed by atoms with van der Waals surface area (Å²) >= 11 is 0. The summed E-state index contributed by atoms with van der Waals surface area (Å²) < 4.78 is 17.5. The van der Waals surface area contributed by atoms with Crippen LogP contribution in [0.25, 0.3) is 0 Å². The van der Waals surface area contributed by atoms with E-state index in [0.29, 0.717) is 19.4 Å². The van der Waals surface area contributed by atoms with Gasteiger partial charge in [0.05, 0.1) is 6.61 Å². The minimum absolute atomic E-state index is 0.0645. The van der Waals surface area contributed by atoms with Gasteiger partial charge in [0.2, 0.25) is 0 Å². The van der Waals surface area contributed by atoms with Crippen molar-refractivity contribution in [3.8, 4) is 0 Å². The monoisotopic (exact) mass is 973 g/mol. The van der Waals surface area contributed by atoms with Crippen LogP contribution < -0.4 is 0 Å². The van der Waals surface area contributed by atoms with Gasteiger partial charge in [0.15, 0.2) is 6.10 Å². The highest BCUT2D eigenvalue weighted by Crippen LogP contribution is 2.14. The topological polar surface area (TPSA) is 61.8 Å². The Hall–Kier alpha value is -3.18. The lowest BCUT2D eigenvalue weighted by molar-refractivity contribution is -0.163. The third kappa shape index (κ3) is 57.4. The summed E-state index contributed by atoms with van der Waals surface area (Å²) in [6, 6.07) is 0. The lowest BCUT2D eigenvalue weighted by Crippen LogP contribution is -2.30. The van der Waals surface area contributed by atoms with E-state index < -0.39 is 6.10 Å². The molecule has 0 saturated heterocycles. The van der Waals surface area contributed by atoms with E-state index in [1.54, 1.807) is 0 Å². The second-order valence-electron chi connectivity index (χ2n) is 19.5. The summed E-state index contributed by atoms with van der Waals surface area (Å²) in [4.78, 5) is 25.6. The van der Waals surface area contributed by atoms with Gasteiger partial charge in [-0.05, 0) is 128 Å². The van der Waals surface area contributed by atoms with Crippen molar-refractivity contribution in [1.82, 2.24) is 0 Å². The number of ether oxygens (including phenoxy) is 3. The predicted octanol–water partition coefficient (Wildman–Crippen LogP) is 20.6. The number of unbranched alkanes of at least 4 members (excludes halogenated alkanes) is 27. The van der Waals surface area contributed by atoms with E-state index in [4.69, 9.17) is 14.2 Å². The molecule has 0 saturated carbocycles. The Bertz CT molecular complexity index is 1330. The van der Waals surface area contributed by atoms with Gasteiger partial charge in [-0.25, -0.2) is 0 Å². The SMILES string of the molecule is CCCCC/C=C\C/C=C\C/C=C\CCCCCCCCC(=O)OCC(COCCCCCCCC/C=C\C/C=C\CCCCC)OC(=O)CCCCCCCC/C=C\C/C=C\C/C=C\CCCCC. The minimum atomic E-state index is -0.561. The van der Waals surface area contributed by atoms with Crippen LogP contribution in [-0.4, -0.2) is 37.9 Å². The summed E-state index contributed by atoms with van der Waals surface area (Å²) in [5, 5.41) is 0. The van der Waals surface area contributed by atoms with E-state index in [1.807, 2.05) is 0 Å². The summed E-state index contributed by atoms with van der Waals surface area (Å²) in [6.45, 7) is 7.71. The van der Waals surface area contributed by atoms with E-state index in [-0.39, 0.29) is 25.2 Å². The van der Waals surface area contributed by atoms with Crippen LogP contribution in [0.15, 0.2) is 97.2 Å². The highest BCUT2D eigenvalue weighted by atomic mass is 16.6. The quantitative estimate of drug-likeness (QED) is 0.0345. The van der Waals surface area contributed by atoms with E-state index in [0.717, 1.165) is 96.3 Å². The molecule has 0 spiro atoms. The highest BCUT2D eigenvalue weighted by Gasteiger charge is 2.17. The molecule has 1 atom stereocenters. The van der Waals surface area contributed by atoms with Crippen LogP contribution in [0.3, 0.4) is 0 Å². The molecule has 0 fully saturated rings. The maximum Gasteiger partial charge on any atom is 0.306 e. The Morgan fingerprint density at radius 3 is 0.957 bits per heavy atom. The number of hydrogen-bond acceptors (Lipinski definition) is 5. The van der Waals surface area contributed by atoms with Crippen molar-refractivity contribution in [2.24, 2.45) is 0 Å². The zero-order valence-corrected chi connectivity index (χ0v) is 46.3. The Labute approximate surface area is 434 Å². The first-order valence-electron chi connectivity index (χ1n) is 29.8. The van der Waals surface area contributed by atoms with Crippen LogP contribution in [0.1, 0.15) is 278 Å². The zero-order chi connectivity index (χ0) is 50.6. The number of carbonyl (C=O) groups excluding carboxylic acids is 2. The summed E-state index contributed by atoms with van der Waals surface area (Å²) in [5.41, 5.74) is 0. The summed E-state index contributed by atoms with van der Waals surface area (Å²) in [7, 11) is 0. The highest BCUT2D eigenvalue weighted by molar-refractivity contribution is 5.70. The molecular weight excluding hydrogens is 861 g/mol. The average Bonchev–Trinajstić information content (AvgIpc) is 3.36. The van der Waals surface area contributed by atoms with Gasteiger partial charge in [-0.2, -0.15) is 0 Å². The molecule has 0 aromatic carbocycles. The minimum Gasteiger partial charge on any atom is -0.462 e. The molecule has 402 valence electrons. The first-order valence-corrected chi connectivity index (χ1v) is 29.8. The van der Waals surface area contributed by atoms with Gasteiger partial charge in [0, 0.05) is 19.4 Å². The van der Waals surface area contributed by atoms with Gasteiger partial charge < -0.3 is 14.2 Å². The lowest BCUT2D eigenvalue weighted by atomic mass is 10.1. The van der Waals surface area contributed by atoms with Gasteiger partial charge in [0.1, 0.15) is 6.61 Å². The van der Waals surface area contributed by atoms with Crippen LogP contribution in [-0.2, 0) is 23.8 Å². The Morgan fingerprint density at radius 1 is 0.314 bits per heavy atom. The summed E-state index contributed by atoms with van der Waals surface area (Å²) in [5.74, 6) is -0.429. The molecule has 0 aromatic rings. The number of carbonyl (C=O) groups is 2. The van der Waals surface area contributed by atoms with E-state index in [9.17, 15) is 9.59 Å². The predicted molar refractivity (Wildman–Crippen MR) is 306 cm³/mol. The number of hydrogen-bond donors (Lipinski definition) is 0. The van der Waals surface area contributed by atoms with Crippen LogP contribution >= 0.6 is 0 Å². The molecule has 70 heavy (non-hydrogen) atoms. The molecular formula is C65H112O5. The molecule has 5 nitrogen and oxygen atoms in total. The smallest absolute Gasteiger partial charge is 0.306 e. The molecule has 0 heterocycles. The number of allylic oxidation sites excluding steroid dienone is 16. The maximum atomic E-state index is 12.9. The van der Waals surface area contributed by atoms with E-state index in [1.165, 1.54) is 148 Å². The first kappa shape index (κ1) is 66.8. The normalized spacial score (nSPS) is 12.9. The van der Waals surface area contributed by atoms with Gasteiger partial charge in [-0.15, -0.1) is 0 Å². The zero-order valence-electron chi connectivity index (χ0n) is 46.3. The van der Waals surface area contributed by atoms with Gasteiger partial charge in [-0.1, -0.05) is 234 Å². The summed E-state index contributed by atoms with van der Waals surface area (Å²) in [6.07, 6.45) is 81.3. The Morgan fingerprint density at radius 2 is 0.600 bits per heavy atom. The molecule has 0 aliphatic heterocycles. The third-order valence-corrected chi connectivity index (χ3v) is 12.6. The lowest BCUT2D eigenvalue weighted by Gasteiger charge is -2.18. The van der Waals surface area contributed by atoms with Crippen molar-refractivity contribution in [3.63, 3.8) is 0 Å². The fourth-order valence-corrected chi connectivity index (χ4v) is 8.08. The van der Waals surface area contributed by atoms with Gasteiger partial charge in [-0.3, -0.25) is 9.59 Å². The second-order valence-corrected chi connectivity index (χ2v) is 19.5. The van der Waals surface area contributed by atoms with Crippen LogP contribution in [0.2, 0.25) is 0 Å². The Kier molecular flexibility index (Phi) is 57.4. The molecule has 0 radical (unpaired) electrons. The van der Waals surface area contributed by atoms with Crippen molar-refractivity contribution in [1.29, 1.82) is 0 Å². The van der Waals surface area contributed by atoms with Crippen molar-refractivity contribution >= 4 is 11.9 Å². The average molecular weight is 974 g/mol. The van der Waals surface area contributed by atoms with Crippen LogP contribution in [0.4, 0.5) is 0 Å². The van der Waals surface area contributed by atoms with E-state index in [2.05, 4.69) is 118 Å². The fraction of sp³-hybridized carbons (Fsp3) is 0.723. The third-order valence-electron chi connectivity index (χ3n) is 12.6. The Balaban J connectivity index is 4.36. The van der Waals surface area contributed by atoms with Crippen LogP contribution in [0, 0.1) is 0 Å². The molecule has 0 bridgehead atoms. The molecule has 0 aliphatic rings. The van der Waals surface area contributed by atoms with Gasteiger partial charge >= 0.3 is 11.9 Å². The van der Waals surface area contributed by atoms with E-state index >= 15 is 0 Å². The van der Waals surface area contributed by atoms with Crippen molar-refractivity contribution in [2.75, 3.05) is 19.8 Å². The van der Waals surface area contributed by atoms with Gasteiger partial charge in [0.25, 0.3) is 0 Å². The number of rotatable bonds is 54. The fourth-order valence-electron chi connectivity index (χ4n) is 8.08. The standard InChI is InChI=1S/C65H112O5/c1-4-7-10-13-16-19-22-25-28-31-33-35-37-40-43-46-49-52-55-58-64(66)69-62-63(61-68-60-57-54-51-48-45-42-39-30-27-24-21-18-15-12-9-6-3)70-65(67)59-56-53-50-47-44-41-38-36-34-32-29-26-23-20-17-14-11-8-5-2/h16-21,25-30,33-36,63H,4-15,22-24,31-32,37-62H2,1-3H3/b19-16-,20-17-,21-18-,28-25-,29-26-,30-27-,35-33-,36-34-. The van der Waals surface area contributed by atoms with Crippen molar-refractivity contribution in [2.45, 2.75) is 284 Å². The largest absolute Gasteiger partial charge is 0.462 e. The molecule has 0 amide bonds. The second kappa shape index (κ2) is 60.1. The van der Waals surface area contributed by atoms with Crippen molar-refractivity contribution < 1.29 is 23.8 Å². The van der Waals surface area contributed by atoms with Crippen LogP contribution in [0.5, 0.6) is 0 Å². The first-order chi connectivity index (χ1) is 34.6. The number of esters is 2. The molecule has 0 N–H and O–H groups in total.